The van der Waals surface area contributed by atoms with E-state index in [2.05, 4.69) is 9.97 Å². The first kappa shape index (κ1) is 15.1. The lowest BCUT2D eigenvalue weighted by Crippen LogP contribution is -2.18. The minimum absolute atomic E-state index is 0.0543. The van der Waals surface area contributed by atoms with Crippen LogP contribution >= 0.6 is 0 Å². The van der Waals surface area contributed by atoms with Gasteiger partial charge in [0.1, 0.15) is 5.69 Å². The van der Waals surface area contributed by atoms with Crippen LogP contribution in [-0.4, -0.2) is 22.5 Å². The van der Waals surface area contributed by atoms with Crippen LogP contribution in [0.2, 0.25) is 0 Å². The van der Waals surface area contributed by atoms with Gasteiger partial charge in [-0.2, -0.15) is 0 Å². The van der Waals surface area contributed by atoms with Gasteiger partial charge in [-0.15, -0.1) is 0 Å². The number of hydrogen-bond acceptors (Lipinski definition) is 5. The standard InChI is InChI=1S/C19H14N2O4/c22-13(7-5-12-6-8-17-18(9-12)25-11-24-17)10-16-19(23)21-15-4-2-1-3-14(15)20-16/h1-9H,10-11H2,(H,21,23)/b7-5+. The van der Waals surface area contributed by atoms with Crippen molar-refractivity contribution in [1.29, 1.82) is 0 Å². The number of fused-ring (bicyclic) bond motifs is 2. The van der Waals surface area contributed by atoms with E-state index in [0.29, 0.717) is 22.5 Å². The lowest BCUT2D eigenvalue weighted by atomic mass is 10.1. The number of carbonyl (C=O) groups is 1. The van der Waals surface area contributed by atoms with E-state index >= 15 is 0 Å². The lowest BCUT2D eigenvalue weighted by Gasteiger charge is -2.01. The molecule has 1 aliphatic heterocycles. The molecule has 0 bridgehead atoms. The number of rotatable bonds is 4. The summed E-state index contributed by atoms with van der Waals surface area (Å²) >= 11 is 0. The molecule has 6 heteroatoms. The van der Waals surface area contributed by atoms with Gasteiger partial charge >= 0.3 is 0 Å². The van der Waals surface area contributed by atoms with Crippen LogP contribution in [0.15, 0.2) is 53.3 Å². The first-order chi connectivity index (χ1) is 12.2. The fraction of sp³-hybridized carbons (Fsp3) is 0.105. The minimum atomic E-state index is -0.344. The van der Waals surface area contributed by atoms with Gasteiger partial charge in [-0.1, -0.05) is 24.3 Å². The third kappa shape index (κ3) is 3.14. The molecule has 1 aliphatic rings. The van der Waals surface area contributed by atoms with Gasteiger partial charge in [-0.25, -0.2) is 4.98 Å². The Morgan fingerprint density at radius 1 is 1.16 bits per heavy atom. The minimum Gasteiger partial charge on any atom is -0.454 e. The van der Waals surface area contributed by atoms with Crippen LogP contribution in [0.25, 0.3) is 17.1 Å². The van der Waals surface area contributed by atoms with Crippen molar-refractivity contribution in [3.8, 4) is 11.5 Å². The predicted molar refractivity (Wildman–Crippen MR) is 92.7 cm³/mol. The second kappa shape index (κ2) is 6.24. The SMILES string of the molecule is O=C(/C=C/c1ccc2c(c1)OCO2)Cc1nc2ccccc2[nH]c1=O. The summed E-state index contributed by atoms with van der Waals surface area (Å²) in [6.45, 7) is 0.206. The molecule has 0 radical (unpaired) electrons. The van der Waals surface area contributed by atoms with E-state index in [1.165, 1.54) is 6.08 Å². The van der Waals surface area contributed by atoms with Gasteiger partial charge in [0.25, 0.3) is 5.56 Å². The molecule has 0 amide bonds. The highest BCUT2D eigenvalue weighted by molar-refractivity contribution is 5.95. The summed E-state index contributed by atoms with van der Waals surface area (Å²) in [5.74, 6) is 1.14. The van der Waals surface area contributed by atoms with E-state index in [4.69, 9.17) is 9.47 Å². The Labute approximate surface area is 142 Å². The maximum absolute atomic E-state index is 12.2. The lowest BCUT2D eigenvalue weighted by molar-refractivity contribution is -0.114. The van der Waals surface area contributed by atoms with Crippen LogP contribution in [-0.2, 0) is 11.2 Å². The highest BCUT2D eigenvalue weighted by Gasteiger charge is 2.12. The van der Waals surface area contributed by atoms with E-state index < -0.39 is 0 Å². The zero-order valence-electron chi connectivity index (χ0n) is 13.2. The third-order valence-corrected chi connectivity index (χ3v) is 3.87. The Kier molecular flexibility index (Phi) is 3.78. The molecule has 124 valence electrons. The van der Waals surface area contributed by atoms with Crippen molar-refractivity contribution < 1.29 is 14.3 Å². The number of aromatic nitrogens is 2. The van der Waals surface area contributed by atoms with E-state index in [-0.39, 0.29) is 30.3 Å². The molecule has 0 atom stereocenters. The van der Waals surface area contributed by atoms with Crippen molar-refractivity contribution in [2.24, 2.45) is 0 Å². The first-order valence-corrected chi connectivity index (χ1v) is 7.77. The molecule has 1 N–H and O–H groups in total. The summed E-state index contributed by atoms with van der Waals surface area (Å²) in [4.78, 5) is 31.2. The number of para-hydroxylation sites is 2. The number of nitrogens with one attached hydrogen (secondary N) is 1. The van der Waals surface area contributed by atoms with E-state index in [0.717, 1.165) is 5.56 Å². The average Bonchev–Trinajstić information content (AvgIpc) is 3.08. The maximum atomic E-state index is 12.2. The van der Waals surface area contributed by atoms with Crippen molar-refractivity contribution >= 4 is 22.9 Å². The number of nitrogens with zero attached hydrogens (tertiary/aromatic N) is 1. The molecule has 0 fully saturated rings. The van der Waals surface area contributed by atoms with Crippen LogP contribution in [0.3, 0.4) is 0 Å². The smallest absolute Gasteiger partial charge is 0.270 e. The van der Waals surface area contributed by atoms with Gasteiger partial charge in [-0.05, 0) is 35.9 Å². The summed E-state index contributed by atoms with van der Waals surface area (Å²) in [6, 6.07) is 12.6. The van der Waals surface area contributed by atoms with Crippen LogP contribution in [0.4, 0.5) is 0 Å². The highest BCUT2D eigenvalue weighted by atomic mass is 16.7. The molecule has 0 spiro atoms. The number of benzene rings is 2. The topological polar surface area (TPSA) is 81.3 Å². The first-order valence-electron chi connectivity index (χ1n) is 7.77. The van der Waals surface area contributed by atoms with Gasteiger partial charge in [0.15, 0.2) is 17.3 Å². The molecule has 2 heterocycles. The molecular formula is C19H14N2O4. The van der Waals surface area contributed by atoms with Crippen LogP contribution < -0.4 is 15.0 Å². The Balaban J connectivity index is 1.52. The predicted octanol–water partition coefficient (Wildman–Crippen LogP) is 2.48. The molecule has 3 aromatic rings. The van der Waals surface area contributed by atoms with Crippen molar-refractivity contribution in [2.45, 2.75) is 6.42 Å². The fourth-order valence-corrected chi connectivity index (χ4v) is 2.62. The van der Waals surface area contributed by atoms with Crippen LogP contribution in [0.5, 0.6) is 11.5 Å². The molecule has 0 aliphatic carbocycles. The van der Waals surface area contributed by atoms with Gasteiger partial charge in [-0.3, -0.25) is 9.59 Å². The van der Waals surface area contributed by atoms with Gasteiger partial charge < -0.3 is 14.5 Å². The molecule has 6 nitrogen and oxygen atoms in total. The van der Waals surface area contributed by atoms with Crippen molar-refractivity contribution in [3.05, 3.63) is 70.2 Å². The molecule has 0 saturated carbocycles. The molecule has 2 aromatic carbocycles. The Bertz CT molecular complexity index is 1050. The number of aromatic amines is 1. The van der Waals surface area contributed by atoms with Crippen molar-refractivity contribution in [2.75, 3.05) is 6.79 Å². The zero-order valence-corrected chi connectivity index (χ0v) is 13.2. The van der Waals surface area contributed by atoms with E-state index in [9.17, 15) is 9.59 Å². The molecule has 4 rings (SSSR count). The third-order valence-electron chi connectivity index (χ3n) is 3.87. The Hall–Kier alpha value is -3.41. The van der Waals surface area contributed by atoms with Gasteiger partial charge in [0.05, 0.1) is 17.5 Å². The van der Waals surface area contributed by atoms with Gasteiger partial charge in [0.2, 0.25) is 6.79 Å². The Morgan fingerprint density at radius 3 is 2.92 bits per heavy atom. The molecule has 25 heavy (non-hydrogen) atoms. The summed E-state index contributed by atoms with van der Waals surface area (Å²) < 4.78 is 10.5. The quantitative estimate of drug-likeness (QED) is 0.741. The van der Waals surface area contributed by atoms with Crippen LogP contribution in [0, 0.1) is 0 Å². The molecule has 0 unspecified atom stereocenters. The molecule has 0 saturated heterocycles. The van der Waals surface area contributed by atoms with E-state index in [1.54, 1.807) is 30.3 Å². The zero-order chi connectivity index (χ0) is 17.2. The summed E-state index contributed by atoms with van der Waals surface area (Å²) in [5.41, 5.74) is 1.99. The number of allylic oxidation sites excluding steroid dienone is 1. The number of carbonyl (C=O) groups excluding carboxylic acids is 1. The van der Waals surface area contributed by atoms with Gasteiger partial charge in [0, 0.05) is 0 Å². The normalized spacial score (nSPS) is 12.8. The molecular weight excluding hydrogens is 320 g/mol. The average molecular weight is 334 g/mol. The van der Waals surface area contributed by atoms with E-state index in [1.807, 2.05) is 18.2 Å². The Morgan fingerprint density at radius 2 is 2.00 bits per heavy atom. The summed E-state index contributed by atoms with van der Waals surface area (Å²) in [5, 5.41) is 0. The van der Waals surface area contributed by atoms with Crippen LogP contribution in [0.1, 0.15) is 11.3 Å². The van der Waals surface area contributed by atoms with Crippen molar-refractivity contribution in [1.82, 2.24) is 9.97 Å². The van der Waals surface area contributed by atoms with Crippen molar-refractivity contribution in [3.63, 3.8) is 0 Å². The number of hydrogen-bond donors (Lipinski definition) is 1. The largest absolute Gasteiger partial charge is 0.454 e. The summed E-state index contributed by atoms with van der Waals surface area (Å²) in [7, 11) is 0. The fourth-order valence-electron chi connectivity index (χ4n) is 2.62. The number of ketones is 1. The maximum Gasteiger partial charge on any atom is 0.270 e. The highest BCUT2D eigenvalue weighted by Crippen LogP contribution is 2.32. The second-order valence-electron chi connectivity index (χ2n) is 5.62. The molecule has 1 aromatic heterocycles. The number of H-pyrrole nitrogens is 1. The number of ether oxygens (including phenoxy) is 2. The summed E-state index contributed by atoms with van der Waals surface area (Å²) in [6.07, 6.45) is 3.06. The second-order valence-corrected chi connectivity index (χ2v) is 5.62. The monoisotopic (exact) mass is 334 g/mol.